The first kappa shape index (κ1) is 14.6. The Bertz CT molecular complexity index is 842. The minimum atomic E-state index is -0.582. The van der Waals surface area contributed by atoms with Gasteiger partial charge in [0, 0.05) is 6.42 Å². The number of fused-ring (bicyclic) bond motifs is 1. The predicted molar refractivity (Wildman–Crippen MR) is 91.8 cm³/mol. The molecule has 2 aromatic heterocycles. The van der Waals surface area contributed by atoms with Crippen molar-refractivity contribution in [3.05, 3.63) is 64.0 Å². The largest absolute Gasteiger partial charge is 0.390 e. The Labute approximate surface area is 141 Å². The van der Waals surface area contributed by atoms with Crippen LogP contribution >= 0.6 is 22.7 Å². The molecule has 0 fully saturated rings. The molecule has 2 atom stereocenters. The fourth-order valence-corrected chi connectivity index (χ4v) is 4.48. The molecule has 0 bridgehead atoms. The summed E-state index contributed by atoms with van der Waals surface area (Å²) in [4.78, 5) is 18.4. The van der Waals surface area contributed by atoms with Gasteiger partial charge in [0.1, 0.15) is 9.88 Å². The van der Waals surface area contributed by atoms with Crippen LogP contribution < -0.4 is 5.32 Å². The zero-order chi connectivity index (χ0) is 15.8. The van der Waals surface area contributed by atoms with Gasteiger partial charge in [0.25, 0.3) is 5.91 Å². The van der Waals surface area contributed by atoms with Crippen molar-refractivity contribution in [3.63, 3.8) is 0 Å². The Hall–Kier alpha value is -2.02. The van der Waals surface area contributed by atoms with Crippen molar-refractivity contribution in [1.82, 2.24) is 10.3 Å². The summed E-state index contributed by atoms with van der Waals surface area (Å²) in [5.41, 5.74) is 2.09. The summed E-state index contributed by atoms with van der Waals surface area (Å²) < 4.78 is 0. The molecule has 23 heavy (non-hydrogen) atoms. The fraction of sp³-hybridized carbons (Fsp3) is 0.176. The molecule has 0 saturated heterocycles. The first-order valence-electron chi connectivity index (χ1n) is 7.29. The Kier molecular flexibility index (Phi) is 3.72. The normalized spacial score (nSPS) is 19.5. The van der Waals surface area contributed by atoms with Gasteiger partial charge in [-0.25, -0.2) is 4.98 Å². The van der Waals surface area contributed by atoms with Crippen molar-refractivity contribution >= 4 is 28.6 Å². The monoisotopic (exact) mass is 342 g/mol. The maximum Gasteiger partial charge on any atom is 0.263 e. The van der Waals surface area contributed by atoms with Crippen molar-refractivity contribution in [2.45, 2.75) is 18.6 Å². The van der Waals surface area contributed by atoms with E-state index in [9.17, 15) is 9.90 Å². The number of rotatable bonds is 3. The van der Waals surface area contributed by atoms with Crippen molar-refractivity contribution < 1.29 is 9.90 Å². The average molecular weight is 342 g/mol. The van der Waals surface area contributed by atoms with E-state index in [1.165, 1.54) is 11.3 Å². The number of aromatic nitrogens is 1. The minimum absolute atomic E-state index is 0.189. The molecule has 4 rings (SSSR count). The van der Waals surface area contributed by atoms with E-state index < -0.39 is 6.10 Å². The van der Waals surface area contributed by atoms with Crippen LogP contribution in [0.1, 0.15) is 26.8 Å². The number of thiophene rings is 1. The van der Waals surface area contributed by atoms with Gasteiger partial charge in [-0.2, -0.15) is 0 Å². The number of carbonyl (C=O) groups is 1. The summed E-state index contributed by atoms with van der Waals surface area (Å²) in [6.07, 6.45) is 1.59. The Morgan fingerprint density at radius 2 is 2.13 bits per heavy atom. The molecule has 1 aliphatic rings. The Balaban J connectivity index is 1.55. The van der Waals surface area contributed by atoms with Crippen LogP contribution in [0.4, 0.5) is 0 Å². The molecule has 4 nitrogen and oxygen atoms in total. The van der Waals surface area contributed by atoms with Gasteiger partial charge in [-0.1, -0.05) is 30.3 Å². The molecule has 2 unspecified atom stereocenters. The predicted octanol–water partition coefficient (Wildman–Crippen LogP) is 3.26. The van der Waals surface area contributed by atoms with E-state index in [-0.39, 0.29) is 11.9 Å². The van der Waals surface area contributed by atoms with Gasteiger partial charge in [-0.3, -0.25) is 4.79 Å². The number of carbonyl (C=O) groups excluding carboxylic acids is 1. The van der Waals surface area contributed by atoms with Gasteiger partial charge in [-0.15, -0.1) is 22.7 Å². The highest BCUT2D eigenvalue weighted by Crippen LogP contribution is 2.33. The van der Waals surface area contributed by atoms with Crippen molar-refractivity contribution in [1.29, 1.82) is 0 Å². The van der Waals surface area contributed by atoms with Crippen LogP contribution in [0.3, 0.4) is 0 Å². The molecule has 1 aliphatic carbocycles. The summed E-state index contributed by atoms with van der Waals surface area (Å²) in [6, 6.07) is 11.4. The van der Waals surface area contributed by atoms with Gasteiger partial charge < -0.3 is 10.4 Å². The third kappa shape index (κ3) is 2.69. The lowest BCUT2D eigenvalue weighted by atomic mass is 10.1. The number of hydrogen-bond donors (Lipinski definition) is 2. The molecule has 0 spiro atoms. The zero-order valence-corrected chi connectivity index (χ0v) is 13.7. The van der Waals surface area contributed by atoms with Crippen LogP contribution in [0.5, 0.6) is 0 Å². The Morgan fingerprint density at radius 3 is 2.96 bits per heavy atom. The summed E-state index contributed by atoms with van der Waals surface area (Å²) in [5.74, 6) is -0.189. The van der Waals surface area contributed by atoms with Crippen molar-refractivity contribution in [3.8, 4) is 9.88 Å². The number of nitrogens with zero attached hydrogens (tertiary/aromatic N) is 1. The van der Waals surface area contributed by atoms with E-state index in [1.54, 1.807) is 17.5 Å². The Morgan fingerprint density at radius 1 is 1.26 bits per heavy atom. The van der Waals surface area contributed by atoms with Crippen molar-refractivity contribution in [2.24, 2.45) is 0 Å². The highest BCUT2D eigenvalue weighted by atomic mass is 32.1. The van der Waals surface area contributed by atoms with Crippen LogP contribution in [-0.2, 0) is 6.42 Å². The zero-order valence-electron chi connectivity index (χ0n) is 12.1. The van der Waals surface area contributed by atoms with E-state index in [0.717, 1.165) is 21.0 Å². The van der Waals surface area contributed by atoms with Crippen LogP contribution in [0, 0.1) is 0 Å². The van der Waals surface area contributed by atoms with Gasteiger partial charge in [0.05, 0.1) is 23.2 Å². The van der Waals surface area contributed by atoms with E-state index in [0.29, 0.717) is 11.3 Å². The second kappa shape index (κ2) is 5.88. The lowest BCUT2D eigenvalue weighted by Gasteiger charge is -2.17. The summed E-state index contributed by atoms with van der Waals surface area (Å²) in [5, 5.41) is 16.0. The maximum absolute atomic E-state index is 12.5. The molecule has 116 valence electrons. The number of hydrogen-bond acceptors (Lipinski definition) is 5. The summed E-state index contributed by atoms with van der Waals surface area (Å²) in [6.45, 7) is 0. The summed E-state index contributed by atoms with van der Waals surface area (Å²) in [7, 11) is 0. The van der Waals surface area contributed by atoms with Crippen LogP contribution in [0.2, 0.25) is 0 Å². The fourth-order valence-electron chi connectivity index (χ4n) is 2.85. The molecule has 2 N–H and O–H groups in total. The maximum atomic E-state index is 12.5. The molecular weight excluding hydrogens is 328 g/mol. The van der Waals surface area contributed by atoms with E-state index >= 15 is 0 Å². The van der Waals surface area contributed by atoms with Gasteiger partial charge in [0.2, 0.25) is 0 Å². The molecule has 1 aromatic carbocycles. The van der Waals surface area contributed by atoms with E-state index in [1.807, 2.05) is 41.8 Å². The number of aliphatic hydroxyl groups excluding tert-OH is 1. The third-order valence-corrected chi connectivity index (χ3v) is 5.99. The SMILES string of the molecule is O=C(NC1c2ccccc2CC1O)c1cnc(-c2cccs2)s1. The first-order chi connectivity index (χ1) is 11.2. The molecule has 0 saturated carbocycles. The summed E-state index contributed by atoms with van der Waals surface area (Å²) >= 11 is 2.97. The standard InChI is InChI=1S/C17H14N2O2S2/c20-12-8-10-4-1-2-5-11(10)15(12)19-16(21)14-9-18-17(23-14)13-6-3-7-22-13/h1-7,9,12,15,20H,8H2,(H,19,21). The highest BCUT2D eigenvalue weighted by molar-refractivity contribution is 7.21. The van der Waals surface area contributed by atoms with E-state index in [2.05, 4.69) is 10.3 Å². The average Bonchev–Trinajstić information content (AvgIpc) is 3.27. The number of thiazole rings is 1. The third-order valence-electron chi connectivity index (χ3n) is 3.95. The molecule has 1 amide bonds. The number of nitrogens with one attached hydrogen (secondary N) is 1. The number of benzene rings is 1. The van der Waals surface area contributed by atoms with Gasteiger partial charge in [0.15, 0.2) is 0 Å². The molecule has 6 heteroatoms. The van der Waals surface area contributed by atoms with Crippen LogP contribution in [0.15, 0.2) is 48.0 Å². The topological polar surface area (TPSA) is 62.2 Å². The van der Waals surface area contributed by atoms with E-state index in [4.69, 9.17) is 0 Å². The quantitative estimate of drug-likeness (QED) is 0.768. The molecule has 3 aromatic rings. The van der Waals surface area contributed by atoms with Crippen molar-refractivity contribution in [2.75, 3.05) is 0 Å². The first-order valence-corrected chi connectivity index (χ1v) is 8.98. The number of amides is 1. The minimum Gasteiger partial charge on any atom is -0.390 e. The molecule has 0 radical (unpaired) electrons. The lowest BCUT2D eigenvalue weighted by molar-refractivity contribution is 0.0862. The number of aliphatic hydroxyl groups is 1. The van der Waals surface area contributed by atoms with Crippen LogP contribution in [-0.4, -0.2) is 22.1 Å². The molecular formula is C17H14N2O2S2. The lowest BCUT2D eigenvalue weighted by Crippen LogP contribution is -2.33. The second-order valence-electron chi connectivity index (χ2n) is 5.43. The van der Waals surface area contributed by atoms with Gasteiger partial charge >= 0.3 is 0 Å². The highest BCUT2D eigenvalue weighted by Gasteiger charge is 2.32. The molecule has 0 aliphatic heterocycles. The smallest absolute Gasteiger partial charge is 0.263 e. The van der Waals surface area contributed by atoms with Crippen LogP contribution in [0.25, 0.3) is 9.88 Å². The van der Waals surface area contributed by atoms with Gasteiger partial charge in [-0.05, 0) is 22.6 Å². The second-order valence-corrected chi connectivity index (χ2v) is 7.41. The molecule has 2 heterocycles.